The normalized spacial score (nSPS) is 20.1. The predicted octanol–water partition coefficient (Wildman–Crippen LogP) is 3.38. The molecule has 2 aromatic heterocycles. The number of anilines is 2. The van der Waals surface area contributed by atoms with E-state index in [1.165, 1.54) is 4.57 Å². The van der Waals surface area contributed by atoms with Gasteiger partial charge in [-0.1, -0.05) is 12.1 Å². The van der Waals surface area contributed by atoms with Crippen molar-refractivity contribution >= 4 is 22.8 Å². The van der Waals surface area contributed by atoms with E-state index in [0.717, 1.165) is 25.7 Å². The molecule has 39 heavy (non-hydrogen) atoms. The minimum absolute atomic E-state index is 0.0434. The van der Waals surface area contributed by atoms with Gasteiger partial charge in [0.25, 0.3) is 6.43 Å². The van der Waals surface area contributed by atoms with Crippen LogP contribution in [0.5, 0.6) is 0 Å². The number of aromatic nitrogens is 4. The average molecular weight is 541 g/mol. The third-order valence-corrected chi connectivity index (χ3v) is 7.59. The summed E-state index contributed by atoms with van der Waals surface area (Å²) < 4.78 is 35.1. The zero-order chi connectivity index (χ0) is 27.2. The fourth-order valence-corrected chi connectivity index (χ4v) is 5.56. The lowest BCUT2D eigenvalue weighted by Gasteiger charge is -2.35. The summed E-state index contributed by atoms with van der Waals surface area (Å²) in [6.45, 7) is 3.98. The van der Waals surface area contributed by atoms with Gasteiger partial charge in [0.2, 0.25) is 5.95 Å². The highest BCUT2D eigenvalue weighted by Crippen LogP contribution is 2.30. The van der Waals surface area contributed by atoms with Crippen LogP contribution < -0.4 is 10.2 Å². The molecule has 1 aliphatic carbocycles. The van der Waals surface area contributed by atoms with Gasteiger partial charge >= 0.3 is 0 Å². The number of fused-ring (bicyclic) bond motifs is 1. The Morgan fingerprint density at radius 3 is 2.56 bits per heavy atom. The van der Waals surface area contributed by atoms with E-state index in [0.29, 0.717) is 86.5 Å². The molecule has 3 heterocycles. The van der Waals surface area contributed by atoms with Crippen molar-refractivity contribution < 1.29 is 18.6 Å². The van der Waals surface area contributed by atoms with E-state index in [2.05, 4.69) is 31.2 Å². The molecule has 1 saturated carbocycles. The summed E-state index contributed by atoms with van der Waals surface area (Å²) >= 11 is 0. The molecule has 12 heteroatoms. The van der Waals surface area contributed by atoms with Gasteiger partial charge < -0.3 is 20.1 Å². The third kappa shape index (κ3) is 6.27. The lowest BCUT2D eigenvalue weighted by atomic mass is 9.85. The minimum Gasteiger partial charge on any atom is -0.395 e. The number of morpholine rings is 1. The number of hydrogen-bond acceptors (Lipinski definition) is 9. The van der Waals surface area contributed by atoms with E-state index in [9.17, 15) is 13.9 Å². The molecule has 10 nitrogen and oxygen atoms in total. The molecule has 1 aromatic carbocycles. The van der Waals surface area contributed by atoms with Crippen molar-refractivity contribution in [2.45, 2.75) is 38.2 Å². The van der Waals surface area contributed by atoms with Gasteiger partial charge in [0.1, 0.15) is 11.6 Å². The molecule has 0 unspecified atom stereocenters. The molecule has 2 aliphatic rings. The van der Waals surface area contributed by atoms with Crippen molar-refractivity contribution in [3.05, 3.63) is 36.2 Å². The summed E-state index contributed by atoms with van der Waals surface area (Å²) in [6, 6.07) is 11.3. The van der Waals surface area contributed by atoms with Crippen LogP contribution in [0.2, 0.25) is 0 Å². The van der Waals surface area contributed by atoms with Crippen LogP contribution in [0.4, 0.5) is 20.5 Å². The second kappa shape index (κ2) is 12.6. The number of alkyl halides is 2. The van der Waals surface area contributed by atoms with Crippen LogP contribution in [0.1, 0.15) is 37.9 Å². The Bertz CT molecular complexity index is 1280. The summed E-state index contributed by atoms with van der Waals surface area (Å²) in [5.74, 6) is 1.43. The van der Waals surface area contributed by atoms with Crippen LogP contribution >= 0.6 is 0 Å². The highest BCUT2D eigenvalue weighted by Gasteiger charge is 2.27. The largest absolute Gasteiger partial charge is 0.395 e. The molecule has 0 spiro atoms. The maximum absolute atomic E-state index is 14.1. The topological polar surface area (TPSA) is 115 Å². The molecule has 5 rings (SSSR count). The summed E-state index contributed by atoms with van der Waals surface area (Å²) in [4.78, 5) is 17.8. The molecule has 0 amide bonds. The summed E-state index contributed by atoms with van der Waals surface area (Å²) in [5.41, 5.74) is 1.05. The van der Waals surface area contributed by atoms with E-state index in [1.807, 2.05) is 0 Å². The smallest absolute Gasteiger partial charge is 0.296 e. The first-order chi connectivity index (χ1) is 19.1. The Labute approximate surface area is 226 Å². The molecule has 2 N–H and O–H groups in total. The molecule has 1 saturated heterocycles. The summed E-state index contributed by atoms with van der Waals surface area (Å²) in [6.07, 6.45) is 1.09. The molecular formula is C27H34F2N8O2. The molecule has 0 radical (unpaired) electrons. The summed E-state index contributed by atoms with van der Waals surface area (Å²) in [5, 5.41) is 21.8. The Morgan fingerprint density at radius 2 is 1.85 bits per heavy atom. The van der Waals surface area contributed by atoms with Gasteiger partial charge in [-0.05, 0) is 43.7 Å². The standard InChI is InChI=1S/C27H34F2N8O2/c28-25(29)26-32-21-3-1-2-4-22(21)37(26)24-17-23(36-12-15-39-16-13-36)33-27(34-24)31-18-19-5-7-20(8-6-19)35(10-9-30)11-14-38/h1-4,17,19-20,25,38H,5-8,10-16,18H2,(H,31,33,34). The maximum atomic E-state index is 14.1. The Morgan fingerprint density at radius 1 is 1.10 bits per heavy atom. The number of halogens is 2. The number of imidazole rings is 1. The van der Waals surface area contributed by atoms with Gasteiger partial charge in [-0.3, -0.25) is 9.47 Å². The average Bonchev–Trinajstić information content (AvgIpc) is 3.37. The van der Waals surface area contributed by atoms with E-state index in [-0.39, 0.29) is 12.4 Å². The fourth-order valence-electron chi connectivity index (χ4n) is 5.56. The Hall–Kier alpha value is -3.40. The molecule has 2 fully saturated rings. The highest BCUT2D eigenvalue weighted by atomic mass is 19.3. The number of nitrogens with one attached hydrogen (secondary N) is 1. The number of nitrogens with zero attached hydrogens (tertiary/aromatic N) is 7. The first kappa shape index (κ1) is 27.2. The zero-order valence-corrected chi connectivity index (χ0v) is 21.8. The lowest BCUT2D eigenvalue weighted by Crippen LogP contribution is -2.40. The van der Waals surface area contributed by atoms with E-state index in [4.69, 9.17) is 15.0 Å². The van der Waals surface area contributed by atoms with Crippen LogP contribution in [0, 0.1) is 17.2 Å². The first-order valence-corrected chi connectivity index (χ1v) is 13.5. The van der Waals surface area contributed by atoms with Crippen molar-refractivity contribution in [2.75, 3.05) is 62.8 Å². The monoisotopic (exact) mass is 540 g/mol. The number of ether oxygens (including phenoxy) is 1. The maximum Gasteiger partial charge on any atom is 0.296 e. The van der Waals surface area contributed by atoms with Crippen LogP contribution in [0.25, 0.3) is 16.9 Å². The van der Waals surface area contributed by atoms with Crippen LogP contribution in [-0.4, -0.2) is 88.1 Å². The molecule has 208 valence electrons. The number of hydrogen-bond donors (Lipinski definition) is 2. The number of benzene rings is 1. The number of para-hydroxylation sites is 2. The molecule has 1 aliphatic heterocycles. The second-order valence-electron chi connectivity index (χ2n) is 10.0. The van der Waals surface area contributed by atoms with Crippen LogP contribution in [-0.2, 0) is 4.74 Å². The van der Waals surface area contributed by atoms with Crippen molar-refractivity contribution in [3.8, 4) is 11.9 Å². The zero-order valence-electron chi connectivity index (χ0n) is 21.8. The quantitative estimate of drug-likeness (QED) is 0.374. The second-order valence-corrected chi connectivity index (χ2v) is 10.0. The minimum atomic E-state index is -2.77. The van der Waals surface area contributed by atoms with Gasteiger partial charge in [-0.15, -0.1) is 0 Å². The number of nitriles is 1. The Kier molecular flexibility index (Phi) is 8.81. The molecular weight excluding hydrogens is 506 g/mol. The number of aliphatic hydroxyl groups is 1. The summed E-state index contributed by atoms with van der Waals surface area (Å²) in [7, 11) is 0. The molecule has 3 aromatic rings. The predicted molar refractivity (Wildman–Crippen MR) is 143 cm³/mol. The molecule has 0 bridgehead atoms. The van der Waals surface area contributed by atoms with Crippen molar-refractivity contribution in [1.29, 1.82) is 5.26 Å². The van der Waals surface area contributed by atoms with Gasteiger partial charge in [-0.25, -0.2) is 13.8 Å². The molecule has 0 atom stereocenters. The van der Waals surface area contributed by atoms with E-state index < -0.39 is 6.43 Å². The highest BCUT2D eigenvalue weighted by molar-refractivity contribution is 5.78. The number of aliphatic hydroxyl groups excluding tert-OH is 1. The third-order valence-electron chi connectivity index (χ3n) is 7.59. The first-order valence-electron chi connectivity index (χ1n) is 13.5. The van der Waals surface area contributed by atoms with Gasteiger partial charge in [0, 0.05) is 38.3 Å². The van der Waals surface area contributed by atoms with E-state index >= 15 is 0 Å². The van der Waals surface area contributed by atoms with Crippen LogP contribution in [0.3, 0.4) is 0 Å². The fraction of sp³-hybridized carbons (Fsp3) is 0.556. The Balaban J connectivity index is 1.38. The van der Waals surface area contributed by atoms with Crippen molar-refractivity contribution in [3.63, 3.8) is 0 Å². The van der Waals surface area contributed by atoms with E-state index in [1.54, 1.807) is 30.3 Å². The van der Waals surface area contributed by atoms with Crippen LogP contribution in [0.15, 0.2) is 30.3 Å². The van der Waals surface area contributed by atoms with Gasteiger partial charge in [0.05, 0.1) is 43.5 Å². The number of rotatable bonds is 10. The van der Waals surface area contributed by atoms with Crippen molar-refractivity contribution in [1.82, 2.24) is 24.4 Å². The van der Waals surface area contributed by atoms with Gasteiger partial charge in [0.15, 0.2) is 5.82 Å². The SMILES string of the molecule is N#CCN(CCO)C1CCC(CNc2nc(N3CCOCC3)cc(-n3c(C(F)F)nc4ccccc43)n2)CC1. The van der Waals surface area contributed by atoms with Crippen molar-refractivity contribution in [2.24, 2.45) is 5.92 Å². The van der Waals surface area contributed by atoms with Gasteiger partial charge in [-0.2, -0.15) is 15.2 Å². The lowest BCUT2D eigenvalue weighted by molar-refractivity contribution is 0.122.